The Bertz CT molecular complexity index is 740. The van der Waals surface area contributed by atoms with Gasteiger partial charge in [-0.15, -0.1) is 5.10 Å². The molecular weight excluding hydrogens is 320 g/mol. The van der Waals surface area contributed by atoms with Gasteiger partial charge >= 0.3 is 11.9 Å². The molecule has 0 aliphatic heterocycles. The molecule has 0 saturated carbocycles. The Balaban J connectivity index is 2.05. The molecule has 1 aromatic heterocycles. The fourth-order valence-electron chi connectivity index (χ4n) is 1.81. The van der Waals surface area contributed by atoms with Crippen LogP contribution < -0.4 is 5.11 Å². The summed E-state index contributed by atoms with van der Waals surface area (Å²) in [4.78, 5) is 33.6. The Morgan fingerprint density at radius 2 is 1.88 bits per heavy atom. The number of ether oxygens (including phenoxy) is 2. The second-order valence-corrected chi connectivity index (χ2v) is 4.49. The zero-order valence-corrected chi connectivity index (χ0v) is 12.7. The lowest BCUT2D eigenvalue weighted by molar-refractivity contribution is -0.306. The average molecular weight is 333 g/mol. The number of carbonyl (C=O) groups is 3. The van der Waals surface area contributed by atoms with Crippen molar-refractivity contribution >= 4 is 17.9 Å². The molecule has 1 aromatic carbocycles. The van der Waals surface area contributed by atoms with Crippen LogP contribution in [0.2, 0.25) is 0 Å². The Kier molecular flexibility index (Phi) is 5.55. The molecule has 0 atom stereocenters. The van der Waals surface area contributed by atoms with Gasteiger partial charge in [-0.1, -0.05) is 12.1 Å². The topological polar surface area (TPSA) is 136 Å². The Hall–Kier alpha value is -3.30. The molecule has 0 N–H and O–H groups in total. The predicted molar refractivity (Wildman–Crippen MR) is 75.2 cm³/mol. The summed E-state index contributed by atoms with van der Waals surface area (Å²) in [5.41, 5.74) is 0.713. The summed E-state index contributed by atoms with van der Waals surface area (Å²) in [6.45, 7) is 0.877. The molecule has 0 fully saturated rings. The molecule has 10 heteroatoms. The third-order valence-corrected chi connectivity index (χ3v) is 2.82. The van der Waals surface area contributed by atoms with Crippen LogP contribution >= 0.6 is 0 Å². The number of nitrogens with zero attached hydrogens (tertiary/aromatic N) is 4. The van der Waals surface area contributed by atoms with E-state index < -0.39 is 31.1 Å². The minimum atomic E-state index is -1.33. The van der Waals surface area contributed by atoms with Gasteiger partial charge in [0.1, 0.15) is 0 Å². The lowest BCUT2D eigenvalue weighted by Gasteiger charge is -2.07. The normalized spacial score (nSPS) is 10.2. The van der Waals surface area contributed by atoms with Crippen molar-refractivity contribution in [1.29, 1.82) is 0 Å². The van der Waals surface area contributed by atoms with Gasteiger partial charge in [0, 0.05) is 5.56 Å². The van der Waals surface area contributed by atoms with Crippen LogP contribution in [0.3, 0.4) is 0 Å². The first kappa shape index (κ1) is 17.1. The number of carboxylic acid groups (broad SMARTS) is 1. The maximum atomic E-state index is 11.8. The first-order chi connectivity index (χ1) is 11.5. The first-order valence-corrected chi connectivity index (χ1v) is 6.90. The van der Waals surface area contributed by atoms with Gasteiger partial charge in [0.2, 0.25) is 0 Å². The number of aliphatic carboxylic acids is 1. The molecule has 0 aliphatic rings. The second kappa shape index (κ2) is 7.81. The summed E-state index contributed by atoms with van der Waals surface area (Å²) in [5, 5.41) is 21.3. The van der Waals surface area contributed by atoms with Gasteiger partial charge in [-0.3, -0.25) is 0 Å². The van der Waals surface area contributed by atoms with Crippen molar-refractivity contribution in [1.82, 2.24) is 20.2 Å². The number of hydrogen-bond acceptors (Lipinski definition) is 9. The zero-order chi connectivity index (χ0) is 17.5. The van der Waals surface area contributed by atoms with Crippen molar-refractivity contribution in [3.05, 3.63) is 29.8 Å². The molecule has 0 aliphatic carbocycles. The number of hydrogen-bond donors (Lipinski definition) is 0. The van der Waals surface area contributed by atoms with Crippen LogP contribution in [-0.4, -0.2) is 51.3 Å². The van der Waals surface area contributed by atoms with Gasteiger partial charge in [-0.2, -0.15) is 0 Å². The molecule has 0 unspecified atom stereocenters. The molecular formula is C14H13N4O6-. The first-order valence-electron chi connectivity index (χ1n) is 6.90. The van der Waals surface area contributed by atoms with Gasteiger partial charge in [0.05, 0.1) is 24.7 Å². The Morgan fingerprint density at radius 1 is 1.17 bits per heavy atom. The fourth-order valence-corrected chi connectivity index (χ4v) is 1.81. The molecule has 2 aromatic rings. The second-order valence-electron chi connectivity index (χ2n) is 4.49. The average Bonchev–Trinajstić information content (AvgIpc) is 3.00. The highest BCUT2D eigenvalue weighted by Gasteiger charge is 2.13. The summed E-state index contributed by atoms with van der Waals surface area (Å²) in [7, 11) is 0. The Morgan fingerprint density at radius 3 is 2.50 bits per heavy atom. The lowest BCUT2D eigenvalue weighted by Crippen LogP contribution is -2.28. The van der Waals surface area contributed by atoms with Crippen LogP contribution in [0.5, 0.6) is 0 Å². The van der Waals surface area contributed by atoms with Crippen LogP contribution in [-0.2, 0) is 25.6 Å². The summed E-state index contributed by atoms with van der Waals surface area (Å²) in [5.74, 6) is -2.44. The van der Waals surface area contributed by atoms with E-state index in [-0.39, 0.29) is 18.0 Å². The minimum Gasteiger partial charge on any atom is -0.548 e. The lowest BCUT2D eigenvalue weighted by atomic mass is 10.1. The van der Waals surface area contributed by atoms with Crippen LogP contribution in [0.4, 0.5) is 0 Å². The maximum Gasteiger partial charge on any atom is 0.344 e. The zero-order valence-electron chi connectivity index (χ0n) is 12.7. The molecule has 2 rings (SSSR count). The summed E-state index contributed by atoms with van der Waals surface area (Å²) in [6, 6.07) is 5.94. The number of esters is 2. The van der Waals surface area contributed by atoms with E-state index in [0.717, 1.165) is 4.68 Å². The van der Waals surface area contributed by atoms with E-state index in [4.69, 9.17) is 4.74 Å². The van der Waals surface area contributed by atoms with Gasteiger partial charge in [-0.25, -0.2) is 14.3 Å². The monoisotopic (exact) mass is 333 g/mol. The summed E-state index contributed by atoms with van der Waals surface area (Å²) in [6.07, 6.45) is 0. The van der Waals surface area contributed by atoms with E-state index in [1.807, 2.05) is 0 Å². The van der Waals surface area contributed by atoms with E-state index in [2.05, 4.69) is 20.3 Å². The standard InChI is InChI=1S/C14H14N4O6/c1-2-23-12(21)8-24-14(22)10-5-3-9(4-6-10)13-15-16-17-18(13)7-11(19)20/h3-6H,2,7-8H2,1H3,(H,19,20)/p-1. The molecule has 10 nitrogen and oxygen atoms in total. The van der Waals surface area contributed by atoms with Crippen LogP contribution in [0.1, 0.15) is 17.3 Å². The SMILES string of the molecule is CCOC(=O)COC(=O)c1ccc(-c2nnnn2CC(=O)[O-])cc1. The number of carboxylic acids is 1. The van der Waals surface area contributed by atoms with Gasteiger partial charge in [-0.05, 0) is 29.5 Å². The minimum absolute atomic E-state index is 0.200. The molecule has 0 radical (unpaired) electrons. The van der Waals surface area contributed by atoms with Gasteiger partial charge < -0.3 is 19.4 Å². The third-order valence-electron chi connectivity index (χ3n) is 2.82. The fraction of sp³-hybridized carbons (Fsp3) is 0.286. The summed E-state index contributed by atoms with van der Waals surface area (Å²) >= 11 is 0. The number of rotatable bonds is 7. The third kappa shape index (κ3) is 4.35. The molecule has 0 amide bonds. The number of aromatic nitrogens is 4. The molecule has 0 spiro atoms. The predicted octanol–water partition coefficient (Wildman–Crippen LogP) is -1.19. The molecule has 0 bridgehead atoms. The van der Waals surface area contributed by atoms with E-state index in [1.165, 1.54) is 24.3 Å². The van der Waals surface area contributed by atoms with E-state index >= 15 is 0 Å². The van der Waals surface area contributed by atoms with Crippen LogP contribution in [0.25, 0.3) is 11.4 Å². The van der Waals surface area contributed by atoms with E-state index in [1.54, 1.807) is 6.92 Å². The van der Waals surface area contributed by atoms with Gasteiger partial charge in [0.15, 0.2) is 12.4 Å². The highest BCUT2D eigenvalue weighted by Crippen LogP contribution is 2.16. The van der Waals surface area contributed by atoms with Gasteiger partial charge in [0.25, 0.3) is 0 Å². The van der Waals surface area contributed by atoms with Crippen molar-refractivity contribution in [2.24, 2.45) is 0 Å². The largest absolute Gasteiger partial charge is 0.548 e. The van der Waals surface area contributed by atoms with Crippen molar-refractivity contribution in [2.45, 2.75) is 13.5 Å². The quantitative estimate of drug-likeness (QED) is 0.573. The Labute approximate surface area is 136 Å². The molecule has 1 heterocycles. The van der Waals surface area contributed by atoms with Crippen molar-refractivity contribution in [2.75, 3.05) is 13.2 Å². The number of carbonyl (C=O) groups excluding carboxylic acids is 3. The number of benzene rings is 1. The molecule has 126 valence electrons. The summed E-state index contributed by atoms with van der Waals surface area (Å²) < 4.78 is 10.5. The molecule has 24 heavy (non-hydrogen) atoms. The highest BCUT2D eigenvalue weighted by molar-refractivity contribution is 5.91. The number of tetrazole rings is 1. The van der Waals surface area contributed by atoms with E-state index in [9.17, 15) is 19.5 Å². The maximum absolute atomic E-state index is 11.8. The van der Waals surface area contributed by atoms with E-state index in [0.29, 0.717) is 5.56 Å². The smallest absolute Gasteiger partial charge is 0.344 e. The van der Waals surface area contributed by atoms with Crippen LogP contribution in [0.15, 0.2) is 24.3 Å². The van der Waals surface area contributed by atoms with Crippen LogP contribution in [0, 0.1) is 0 Å². The molecule has 0 saturated heterocycles. The highest BCUT2D eigenvalue weighted by atomic mass is 16.6. The van der Waals surface area contributed by atoms with Crippen molar-refractivity contribution < 1.29 is 29.0 Å². The van der Waals surface area contributed by atoms with Crippen molar-refractivity contribution in [3.8, 4) is 11.4 Å². The van der Waals surface area contributed by atoms with Crippen molar-refractivity contribution in [3.63, 3.8) is 0 Å².